The average Bonchev–Trinajstić information content (AvgIpc) is 2.73. The number of hydrogen-bond acceptors (Lipinski definition) is 0. The zero-order valence-electron chi connectivity index (χ0n) is 18.2. The lowest BCUT2D eigenvalue weighted by molar-refractivity contribution is -0.837. The van der Waals surface area contributed by atoms with E-state index in [-0.39, 0.29) is 23.0 Å². The van der Waals surface area contributed by atoms with Gasteiger partial charge in [0, 0.05) is 18.6 Å². The highest BCUT2D eigenvalue weighted by molar-refractivity contribution is 5.68. The highest BCUT2D eigenvalue weighted by Gasteiger charge is 2.79. The molecule has 1 nitrogen and oxygen atoms in total. The Labute approximate surface area is 170 Å². The van der Waals surface area contributed by atoms with E-state index in [0.29, 0.717) is 0 Å². The standard InChI is InChI=1S/C26H35FN/c1-6-10-12-19-15-16-21-20(17-19)22-13-11-14-23-25(8-3,18-27)26(9-4,28(22)23)24(21,5)7-2/h11,13-17H,6-10,12,18H2,1-5H3/q+1. The van der Waals surface area contributed by atoms with E-state index >= 15 is 0 Å². The van der Waals surface area contributed by atoms with Gasteiger partial charge in [-0.2, -0.15) is 4.57 Å². The molecule has 0 N–H and O–H groups in total. The van der Waals surface area contributed by atoms with Crippen LogP contribution in [0.25, 0.3) is 11.3 Å². The van der Waals surface area contributed by atoms with Crippen LogP contribution < -0.4 is 4.57 Å². The van der Waals surface area contributed by atoms with Gasteiger partial charge < -0.3 is 0 Å². The molecule has 0 radical (unpaired) electrons. The highest BCUT2D eigenvalue weighted by atomic mass is 19.1. The largest absolute Gasteiger partial charge is 0.250 e. The van der Waals surface area contributed by atoms with Gasteiger partial charge in [0.2, 0.25) is 5.69 Å². The van der Waals surface area contributed by atoms with E-state index in [1.165, 1.54) is 40.9 Å². The van der Waals surface area contributed by atoms with Gasteiger partial charge >= 0.3 is 0 Å². The molecule has 3 heterocycles. The zero-order chi connectivity index (χ0) is 20.2. The number of alkyl halides is 1. The SMILES string of the molecule is CCCCc1ccc2c(c1)-c1cccc3[n+]1C(CC)(C2(C)CC)C3(CC)CF. The Bertz CT molecular complexity index is 897. The third-order valence-corrected chi connectivity index (χ3v) is 8.39. The predicted octanol–water partition coefficient (Wildman–Crippen LogP) is 6.40. The quantitative estimate of drug-likeness (QED) is 0.489. The van der Waals surface area contributed by atoms with E-state index in [9.17, 15) is 4.39 Å². The molecule has 150 valence electrons. The third kappa shape index (κ3) is 2.00. The summed E-state index contributed by atoms with van der Waals surface area (Å²) in [6.45, 7) is 11.1. The number of halogens is 1. The molecule has 2 aromatic rings. The Hall–Kier alpha value is -1.70. The summed E-state index contributed by atoms with van der Waals surface area (Å²) in [5, 5.41) is 0. The Kier molecular flexibility index (Phi) is 4.68. The molecule has 3 unspecified atom stereocenters. The van der Waals surface area contributed by atoms with E-state index in [4.69, 9.17) is 0 Å². The molecule has 0 fully saturated rings. The van der Waals surface area contributed by atoms with Crippen molar-refractivity contribution in [3.63, 3.8) is 0 Å². The Morgan fingerprint density at radius 2 is 1.75 bits per heavy atom. The van der Waals surface area contributed by atoms with Crippen LogP contribution in [0.3, 0.4) is 0 Å². The molecule has 28 heavy (non-hydrogen) atoms. The highest BCUT2D eigenvalue weighted by Crippen LogP contribution is 2.63. The van der Waals surface area contributed by atoms with Crippen LogP contribution in [-0.2, 0) is 22.8 Å². The van der Waals surface area contributed by atoms with Crippen LogP contribution >= 0.6 is 0 Å². The monoisotopic (exact) mass is 380 g/mol. The Morgan fingerprint density at radius 3 is 2.36 bits per heavy atom. The molecule has 3 atom stereocenters. The number of aryl methyl sites for hydroxylation is 1. The number of fused-ring (bicyclic) bond motifs is 2. The number of nitrogens with zero attached hydrogens (tertiary/aromatic N) is 1. The van der Waals surface area contributed by atoms with E-state index in [2.05, 4.69) is 75.6 Å². The van der Waals surface area contributed by atoms with Crippen LogP contribution in [0.1, 0.15) is 83.5 Å². The summed E-state index contributed by atoms with van der Waals surface area (Å²) in [5.74, 6) is 0. The van der Waals surface area contributed by atoms with Crippen LogP contribution in [0.4, 0.5) is 4.39 Å². The number of rotatable bonds is 7. The molecule has 4 rings (SSSR count). The lowest BCUT2D eigenvalue weighted by Crippen LogP contribution is -2.88. The summed E-state index contributed by atoms with van der Waals surface area (Å²) in [6, 6.07) is 13.7. The van der Waals surface area contributed by atoms with Crippen LogP contribution in [-0.4, -0.2) is 6.67 Å². The van der Waals surface area contributed by atoms with Gasteiger partial charge in [0.05, 0.1) is 11.0 Å². The second-order valence-electron chi connectivity index (χ2n) is 9.08. The van der Waals surface area contributed by atoms with Crippen LogP contribution in [0.15, 0.2) is 36.4 Å². The molecule has 0 saturated heterocycles. The fourth-order valence-corrected chi connectivity index (χ4v) is 6.81. The van der Waals surface area contributed by atoms with E-state index in [1.807, 2.05) is 0 Å². The molecule has 0 aliphatic carbocycles. The van der Waals surface area contributed by atoms with Crippen molar-refractivity contribution in [3.8, 4) is 11.3 Å². The molecule has 1 aromatic carbocycles. The summed E-state index contributed by atoms with van der Waals surface area (Å²) >= 11 is 0. The Balaban J connectivity index is 2.05. The van der Waals surface area contributed by atoms with E-state index in [0.717, 1.165) is 25.7 Å². The first-order chi connectivity index (χ1) is 13.5. The normalized spacial score (nSPS) is 29.8. The zero-order valence-corrected chi connectivity index (χ0v) is 18.2. The van der Waals surface area contributed by atoms with Crippen LogP contribution in [0, 0.1) is 0 Å². The summed E-state index contributed by atoms with van der Waals surface area (Å²) in [7, 11) is 0. The van der Waals surface area contributed by atoms with Crippen LogP contribution in [0.2, 0.25) is 0 Å². The number of benzene rings is 1. The second kappa shape index (κ2) is 6.68. The van der Waals surface area contributed by atoms with Crippen molar-refractivity contribution in [2.75, 3.05) is 6.67 Å². The first-order valence-electron chi connectivity index (χ1n) is 11.3. The molecule has 2 aliphatic rings. The van der Waals surface area contributed by atoms with E-state index in [1.54, 1.807) is 0 Å². The van der Waals surface area contributed by atoms with Crippen molar-refractivity contribution < 1.29 is 8.96 Å². The molecule has 0 bridgehead atoms. The van der Waals surface area contributed by atoms with Gasteiger partial charge in [-0.15, -0.1) is 0 Å². The van der Waals surface area contributed by atoms with Gasteiger partial charge in [-0.3, -0.25) is 0 Å². The molecule has 2 heteroatoms. The maximum absolute atomic E-state index is 14.8. The molecule has 1 aromatic heterocycles. The molecular weight excluding hydrogens is 345 g/mol. The van der Waals surface area contributed by atoms with Crippen LogP contribution in [0.5, 0.6) is 0 Å². The fraction of sp³-hybridized carbons (Fsp3) is 0.577. The minimum atomic E-state index is -0.388. The van der Waals surface area contributed by atoms with Crippen molar-refractivity contribution >= 4 is 0 Å². The molecule has 0 saturated carbocycles. The summed E-state index contributed by atoms with van der Waals surface area (Å²) in [6.07, 6.45) is 6.40. The summed E-state index contributed by atoms with van der Waals surface area (Å²) in [5.41, 5.74) is 6.04. The first-order valence-corrected chi connectivity index (χ1v) is 11.3. The topological polar surface area (TPSA) is 3.88 Å². The predicted molar refractivity (Wildman–Crippen MR) is 115 cm³/mol. The minimum absolute atomic E-state index is 0.0749. The average molecular weight is 381 g/mol. The van der Waals surface area contributed by atoms with Crippen molar-refractivity contribution in [1.29, 1.82) is 0 Å². The number of pyridine rings is 1. The van der Waals surface area contributed by atoms with Gasteiger partial charge in [-0.1, -0.05) is 46.2 Å². The molecular formula is C26H35FN+. The third-order valence-electron chi connectivity index (χ3n) is 8.39. The number of unbranched alkanes of at least 4 members (excludes halogenated alkanes) is 1. The number of hydrogen-bond donors (Lipinski definition) is 0. The Morgan fingerprint density at radius 1 is 0.964 bits per heavy atom. The summed E-state index contributed by atoms with van der Waals surface area (Å²) in [4.78, 5) is 0. The lowest BCUT2D eigenvalue weighted by Gasteiger charge is -2.61. The van der Waals surface area contributed by atoms with Crippen molar-refractivity contribution in [2.45, 2.75) is 89.5 Å². The van der Waals surface area contributed by atoms with Gasteiger partial charge in [-0.05, 0) is 55.9 Å². The lowest BCUT2D eigenvalue weighted by atomic mass is 9.44. The molecule has 2 aliphatic heterocycles. The number of aromatic nitrogens is 1. The van der Waals surface area contributed by atoms with Crippen molar-refractivity contribution in [1.82, 2.24) is 0 Å². The second-order valence-corrected chi connectivity index (χ2v) is 9.08. The molecule has 0 amide bonds. The van der Waals surface area contributed by atoms with E-state index < -0.39 is 0 Å². The van der Waals surface area contributed by atoms with Crippen molar-refractivity contribution in [2.24, 2.45) is 0 Å². The minimum Gasteiger partial charge on any atom is -0.250 e. The first kappa shape index (κ1) is 19.6. The van der Waals surface area contributed by atoms with Gasteiger partial charge in [-0.25, -0.2) is 4.39 Å². The van der Waals surface area contributed by atoms with Gasteiger partial charge in [0.1, 0.15) is 12.1 Å². The maximum Gasteiger partial charge on any atom is 0.213 e. The molecule has 0 spiro atoms. The van der Waals surface area contributed by atoms with Gasteiger partial charge in [0.15, 0.2) is 11.2 Å². The van der Waals surface area contributed by atoms with Gasteiger partial charge in [0.25, 0.3) is 0 Å². The maximum atomic E-state index is 14.8. The van der Waals surface area contributed by atoms with Crippen molar-refractivity contribution in [3.05, 3.63) is 53.2 Å². The smallest absolute Gasteiger partial charge is 0.213 e. The fourth-order valence-electron chi connectivity index (χ4n) is 6.81. The summed E-state index contributed by atoms with van der Waals surface area (Å²) < 4.78 is 17.4.